The first kappa shape index (κ1) is 10.0. The molecule has 0 saturated heterocycles. The minimum absolute atomic E-state index is 0.0390. The van der Waals surface area contributed by atoms with E-state index in [1.165, 1.54) is 5.71 Å². The highest BCUT2D eigenvalue weighted by atomic mass is 15.3. The molecule has 13 heavy (non-hydrogen) atoms. The maximum Gasteiger partial charge on any atom is 0.0672 e. The highest BCUT2D eigenvalue weighted by Crippen LogP contribution is 2.30. The Morgan fingerprint density at radius 2 is 2.38 bits per heavy atom. The second-order valence-corrected chi connectivity index (χ2v) is 3.97. The normalized spacial score (nSPS) is 32.0. The summed E-state index contributed by atoms with van der Waals surface area (Å²) in [5, 5.41) is 12.8. The van der Waals surface area contributed by atoms with E-state index in [1.807, 2.05) is 6.92 Å². The Morgan fingerprint density at radius 1 is 1.69 bits per heavy atom. The first-order chi connectivity index (χ1) is 6.15. The van der Waals surface area contributed by atoms with Crippen LogP contribution in [0.1, 0.15) is 27.2 Å². The number of nitrogens with one attached hydrogen (secondary N) is 1. The lowest BCUT2D eigenvalue weighted by Crippen LogP contribution is -2.34. The minimum Gasteiger partial charge on any atom is -0.309 e. The third-order valence-corrected chi connectivity index (χ3v) is 2.75. The van der Waals surface area contributed by atoms with Crippen molar-refractivity contribution in [3.8, 4) is 6.07 Å². The quantitative estimate of drug-likeness (QED) is 0.671. The van der Waals surface area contributed by atoms with Gasteiger partial charge in [-0.2, -0.15) is 10.4 Å². The molecule has 1 fully saturated rings. The van der Waals surface area contributed by atoms with Crippen molar-refractivity contribution in [2.45, 2.75) is 27.2 Å². The van der Waals surface area contributed by atoms with Gasteiger partial charge in [-0.25, -0.2) is 0 Å². The minimum atomic E-state index is 0.0390. The van der Waals surface area contributed by atoms with Crippen molar-refractivity contribution < 1.29 is 0 Å². The molecular weight excluding hydrogens is 162 g/mol. The standard InChI is InChI=1S/C10H17N3/c1-7(5-11)6-12-13-10-4-8(2)9(10)3/h7-9,12H,4,6H2,1-3H3/b13-10+. The lowest BCUT2D eigenvalue weighted by atomic mass is 9.74. The lowest BCUT2D eigenvalue weighted by molar-refractivity contribution is 0.412. The molecule has 72 valence electrons. The fourth-order valence-electron chi connectivity index (χ4n) is 1.34. The monoisotopic (exact) mass is 179 g/mol. The van der Waals surface area contributed by atoms with E-state index in [0.717, 1.165) is 12.3 Å². The number of nitriles is 1. The molecule has 3 heteroatoms. The number of nitrogens with zero attached hydrogens (tertiary/aromatic N) is 2. The van der Waals surface area contributed by atoms with Crippen molar-refractivity contribution in [2.75, 3.05) is 6.54 Å². The zero-order chi connectivity index (χ0) is 9.84. The summed E-state index contributed by atoms with van der Waals surface area (Å²) < 4.78 is 0. The number of hydrazone groups is 1. The Balaban J connectivity index is 2.23. The molecule has 0 radical (unpaired) electrons. The largest absolute Gasteiger partial charge is 0.309 e. The summed E-state index contributed by atoms with van der Waals surface area (Å²) in [5.74, 6) is 1.43. The Labute approximate surface area is 79.8 Å². The summed E-state index contributed by atoms with van der Waals surface area (Å²) in [6, 6.07) is 2.16. The van der Waals surface area contributed by atoms with Gasteiger partial charge in [0.25, 0.3) is 0 Å². The maximum atomic E-state index is 8.53. The molecule has 0 bridgehead atoms. The summed E-state index contributed by atoms with van der Waals surface area (Å²) >= 11 is 0. The molecule has 1 aliphatic rings. The second-order valence-electron chi connectivity index (χ2n) is 3.97. The fourth-order valence-corrected chi connectivity index (χ4v) is 1.34. The van der Waals surface area contributed by atoms with Crippen molar-refractivity contribution in [3.05, 3.63) is 0 Å². The zero-order valence-electron chi connectivity index (χ0n) is 8.54. The molecule has 1 N–H and O–H groups in total. The van der Waals surface area contributed by atoms with Gasteiger partial charge < -0.3 is 5.43 Å². The van der Waals surface area contributed by atoms with Crippen LogP contribution in [0.4, 0.5) is 0 Å². The fraction of sp³-hybridized carbons (Fsp3) is 0.800. The van der Waals surface area contributed by atoms with Gasteiger partial charge in [0.1, 0.15) is 0 Å². The van der Waals surface area contributed by atoms with E-state index in [0.29, 0.717) is 12.5 Å². The van der Waals surface area contributed by atoms with E-state index in [9.17, 15) is 0 Å². The van der Waals surface area contributed by atoms with Gasteiger partial charge in [0.2, 0.25) is 0 Å². The van der Waals surface area contributed by atoms with Gasteiger partial charge >= 0.3 is 0 Å². The van der Waals surface area contributed by atoms with Crippen molar-refractivity contribution in [2.24, 2.45) is 22.9 Å². The van der Waals surface area contributed by atoms with Gasteiger partial charge in [0.05, 0.1) is 12.0 Å². The Hall–Kier alpha value is -1.04. The topological polar surface area (TPSA) is 48.2 Å². The highest BCUT2D eigenvalue weighted by Gasteiger charge is 2.29. The van der Waals surface area contributed by atoms with Crippen molar-refractivity contribution >= 4 is 5.71 Å². The van der Waals surface area contributed by atoms with Crippen LogP contribution < -0.4 is 5.43 Å². The smallest absolute Gasteiger partial charge is 0.0672 e. The molecule has 0 aromatic rings. The predicted octanol–water partition coefficient (Wildman–Crippen LogP) is 1.77. The first-order valence-corrected chi connectivity index (χ1v) is 4.84. The predicted molar refractivity (Wildman–Crippen MR) is 53.2 cm³/mol. The first-order valence-electron chi connectivity index (χ1n) is 4.84. The second kappa shape index (κ2) is 4.27. The van der Waals surface area contributed by atoms with E-state index in [1.54, 1.807) is 0 Å². The van der Waals surface area contributed by atoms with Gasteiger partial charge in [-0.15, -0.1) is 0 Å². The average Bonchev–Trinajstić information content (AvgIpc) is 2.15. The van der Waals surface area contributed by atoms with Gasteiger partial charge in [0, 0.05) is 12.3 Å². The van der Waals surface area contributed by atoms with Crippen LogP contribution in [0.15, 0.2) is 5.10 Å². The molecule has 3 atom stereocenters. The summed E-state index contributed by atoms with van der Waals surface area (Å²) in [6.07, 6.45) is 1.11. The van der Waals surface area contributed by atoms with E-state index in [2.05, 4.69) is 30.4 Å². The van der Waals surface area contributed by atoms with Crippen molar-refractivity contribution in [3.63, 3.8) is 0 Å². The molecule has 0 heterocycles. The summed E-state index contributed by atoms with van der Waals surface area (Å²) in [6.45, 7) is 6.98. The van der Waals surface area contributed by atoms with Crippen molar-refractivity contribution in [1.29, 1.82) is 5.26 Å². The molecule has 1 aliphatic carbocycles. The van der Waals surface area contributed by atoms with Crippen LogP contribution in [-0.2, 0) is 0 Å². The molecule has 0 aromatic heterocycles. The SMILES string of the molecule is CC(C#N)CN/N=C1\CC(C)C1C. The molecule has 0 aliphatic heterocycles. The van der Waals surface area contributed by atoms with Crippen LogP contribution >= 0.6 is 0 Å². The molecule has 3 nitrogen and oxygen atoms in total. The Morgan fingerprint density at radius 3 is 2.85 bits per heavy atom. The average molecular weight is 179 g/mol. The van der Waals surface area contributed by atoms with Crippen LogP contribution in [0.5, 0.6) is 0 Å². The summed E-state index contributed by atoms with van der Waals surface area (Å²) in [5.41, 5.74) is 4.20. The molecule has 0 spiro atoms. The number of hydrogen-bond acceptors (Lipinski definition) is 3. The molecule has 1 rings (SSSR count). The molecule has 1 saturated carbocycles. The molecule has 0 amide bonds. The molecule has 0 aromatic carbocycles. The zero-order valence-corrected chi connectivity index (χ0v) is 8.54. The number of hydrogen-bond donors (Lipinski definition) is 1. The van der Waals surface area contributed by atoms with Crippen molar-refractivity contribution in [1.82, 2.24) is 5.43 Å². The van der Waals surface area contributed by atoms with E-state index in [4.69, 9.17) is 5.26 Å². The maximum absolute atomic E-state index is 8.53. The van der Waals surface area contributed by atoms with Gasteiger partial charge in [-0.3, -0.25) is 0 Å². The van der Waals surface area contributed by atoms with Crippen LogP contribution in [0.25, 0.3) is 0 Å². The number of rotatable bonds is 3. The van der Waals surface area contributed by atoms with E-state index >= 15 is 0 Å². The summed E-state index contributed by atoms with van der Waals surface area (Å²) in [4.78, 5) is 0. The van der Waals surface area contributed by atoms with Gasteiger partial charge in [-0.05, 0) is 25.2 Å². The third-order valence-electron chi connectivity index (χ3n) is 2.75. The Bertz CT molecular complexity index is 239. The Kier molecular flexibility index (Phi) is 3.30. The lowest BCUT2D eigenvalue weighted by Gasteiger charge is -2.32. The van der Waals surface area contributed by atoms with E-state index < -0.39 is 0 Å². The van der Waals surface area contributed by atoms with E-state index in [-0.39, 0.29) is 5.92 Å². The molecule has 3 unspecified atom stereocenters. The van der Waals surface area contributed by atoms with Gasteiger partial charge in [-0.1, -0.05) is 13.8 Å². The van der Waals surface area contributed by atoms with Crippen LogP contribution in [0, 0.1) is 29.1 Å². The van der Waals surface area contributed by atoms with Crippen LogP contribution in [0.2, 0.25) is 0 Å². The third kappa shape index (κ3) is 2.45. The van der Waals surface area contributed by atoms with Gasteiger partial charge in [0.15, 0.2) is 0 Å². The molecular formula is C10H17N3. The van der Waals surface area contributed by atoms with Crippen LogP contribution in [0.3, 0.4) is 0 Å². The summed E-state index contributed by atoms with van der Waals surface area (Å²) in [7, 11) is 0. The highest BCUT2D eigenvalue weighted by molar-refractivity contribution is 5.92. The van der Waals surface area contributed by atoms with Crippen LogP contribution in [-0.4, -0.2) is 12.3 Å².